The number of aromatic nitrogens is 5. The van der Waals surface area contributed by atoms with Crippen LogP contribution in [0.25, 0.3) is 11.4 Å². The van der Waals surface area contributed by atoms with Crippen molar-refractivity contribution in [1.29, 1.82) is 0 Å². The van der Waals surface area contributed by atoms with Gasteiger partial charge in [0.05, 0.1) is 10.7 Å². The van der Waals surface area contributed by atoms with Gasteiger partial charge in [-0.25, -0.2) is 0 Å². The number of rotatable bonds is 6. The van der Waals surface area contributed by atoms with E-state index < -0.39 is 4.92 Å². The van der Waals surface area contributed by atoms with Crippen molar-refractivity contribution >= 4 is 17.4 Å². The van der Waals surface area contributed by atoms with Gasteiger partial charge in [0.1, 0.15) is 5.82 Å². The van der Waals surface area contributed by atoms with E-state index >= 15 is 0 Å². The summed E-state index contributed by atoms with van der Waals surface area (Å²) < 4.78 is 7.55. The first-order chi connectivity index (χ1) is 13.6. The van der Waals surface area contributed by atoms with Crippen LogP contribution >= 0.6 is 11.8 Å². The summed E-state index contributed by atoms with van der Waals surface area (Å²) in [6, 6.07) is 6.64. The van der Waals surface area contributed by atoms with Gasteiger partial charge in [-0.2, -0.15) is 4.98 Å². The molecule has 0 amide bonds. The second-order valence-corrected chi connectivity index (χ2v) is 7.74. The van der Waals surface area contributed by atoms with E-state index in [1.807, 2.05) is 6.92 Å². The van der Waals surface area contributed by atoms with Gasteiger partial charge in [0.15, 0.2) is 5.16 Å². The van der Waals surface area contributed by atoms with Gasteiger partial charge >= 0.3 is 0 Å². The first-order valence-corrected chi connectivity index (χ1v) is 10.2. The number of hydrogen-bond acceptors (Lipinski definition) is 8. The highest BCUT2D eigenvalue weighted by Crippen LogP contribution is 2.33. The molecule has 2 aromatic heterocycles. The molecule has 9 nitrogen and oxygen atoms in total. The van der Waals surface area contributed by atoms with Gasteiger partial charge in [0.25, 0.3) is 5.69 Å². The number of hydrogen-bond donors (Lipinski definition) is 0. The molecule has 0 aliphatic heterocycles. The van der Waals surface area contributed by atoms with Gasteiger partial charge in [-0.15, -0.1) is 10.2 Å². The van der Waals surface area contributed by atoms with Crippen molar-refractivity contribution in [1.82, 2.24) is 24.9 Å². The zero-order valence-corrected chi connectivity index (χ0v) is 16.3. The van der Waals surface area contributed by atoms with Crippen LogP contribution in [0, 0.1) is 17.0 Å². The third-order valence-corrected chi connectivity index (χ3v) is 5.81. The maximum Gasteiger partial charge on any atom is 0.270 e. The minimum Gasteiger partial charge on any atom is -0.338 e. The molecule has 0 atom stereocenters. The Morgan fingerprint density at radius 3 is 2.89 bits per heavy atom. The highest BCUT2D eigenvalue weighted by molar-refractivity contribution is 7.98. The molecule has 1 saturated carbocycles. The lowest BCUT2D eigenvalue weighted by molar-refractivity contribution is -0.384. The summed E-state index contributed by atoms with van der Waals surface area (Å²) in [4.78, 5) is 14.9. The fourth-order valence-corrected chi connectivity index (χ4v) is 4.41. The predicted octanol–water partition coefficient (Wildman–Crippen LogP) is 4.34. The molecular weight excluding hydrogens is 380 g/mol. The number of nitrogens with zero attached hydrogens (tertiary/aromatic N) is 6. The summed E-state index contributed by atoms with van der Waals surface area (Å²) in [7, 11) is 0. The smallest absolute Gasteiger partial charge is 0.270 e. The molecule has 146 valence electrons. The van der Waals surface area contributed by atoms with E-state index in [2.05, 4.69) is 24.9 Å². The maximum atomic E-state index is 10.9. The van der Waals surface area contributed by atoms with Crippen molar-refractivity contribution in [3.05, 3.63) is 46.1 Å². The van der Waals surface area contributed by atoms with E-state index in [4.69, 9.17) is 4.52 Å². The Balaban J connectivity index is 1.47. The molecule has 0 bridgehead atoms. The van der Waals surface area contributed by atoms with Gasteiger partial charge in [-0.05, 0) is 19.8 Å². The van der Waals surface area contributed by atoms with Crippen molar-refractivity contribution in [3.8, 4) is 11.4 Å². The third kappa shape index (κ3) is 3.91. The summed E-state index contributed by atoms with van der Waals surface area (Å²) in [5.74, 6) is 2.18. The van der Waals surface area contributed by atoms with Crippen LogP contribution in [0.4, 0.5) is 5.69 Å². The van der Waals surface area contributed by atoms with E-state index in [1.165, 1.54) is 43.2 Å². The van der Waals surface area contributed by atoms with Gasteiger partial charge in [0, 0.05) is 23.7 Å². The quantitative estimate of drug-likeness (QED) is 0.341. The molecule has 4 rings (SSSR count). The van der Waals surface area contributed by atoms with E-state index in [9.17, 15) is 10.1 Å². The lowest BCUT2D eigenvalue weighted by Crippen LogP contribution is -2.15. The second kappa shape index (κ2) is 8.09. The van der Waals surface area contributed by atoms with E-state index in [0.717, 1.165) is 23.8 Å². The lowest BCUT2D eigenvalue weighted by Gasteiger charge is -2.24. The van der Waals surface area contributed by atoms with Crippen LogP contribution in [0.1, 0.15) is 49.9 Å². The molecule has 3 aromatic rings. The molecule has 1 fully saturated rings. The molecule has 1 aliphatic rings. The van der Waals surface area contributed by atoms with Gasteiger partial charge in [-0.3, -0.25) is 10.1 Å². The predicted molar refractivity (Wildman–Crippen MR) is 103 cm³/mol. The van der Waals surface area contributed by atoms with Crippen LogP contribution in [0.2, 0.25) is 0 Å². The topological polar surface area (TPSA) is 113 Å². The fraction of sp³-hybridized carbons (Fsp3) is 0.444. The molecule has 0 spiro atoms. The molecule has 0 saturated heterocycles. The molecular formula is C18H20N6O3S. The zero-order chi connectivity index (χ0) is 19.5. The Hall–Kier alpha value is -2.75. The largest absolute Gasteiger partial charge is 0.338 e. The molecule has 0 N–H and O–H groups in total. The number of nitro groups is 1. The lowest BCUT2D eigenvalue weighted by atomic mass is 9.95. The first kappa shape index (κ1) is 18.6. The number of non-ortho nitro benzene ring substituents is 1. The summed E-state index contributed by atoms with van der Waals surface area (Å²) in [5, 5.41) is 24.3. The number of aryl methyl sites for hydroxylation is 1. The summed E-state index contributed by atoms with van der Waals surface area (Å²) in [6.45, 7) is 1.98. The van der Waals surface area contributed by atoms with Crippen molar-refractivity contribution < 1.29 is 9.45 Å². The van der Waals surface area contributed by atoms with Gasteiger partial charge < -0.3 is 9.09 Å². The molecule has 2 heterocycles. The molecule has 0 radical (unpaired) electrons. The molecule has 0 unspecified atom stereocenters. The van der Waals surface area contributed by atoms with Crippen LogP contribution in [0.5, 0.6) is 0 Å². The Labute approximate surface area is 165 Å². The SMILES string of the molecule is Cc1nnc(SCc2nc(-c3cccc([N+](=O)[O-])c3)no2)n1C1CCCCC1. The molecule has 10 heteroatoms. The Morgan fingerprint density at radius 1 is 1.29 bits per heavy atom. The summed E-state index contributed by atoms with van der Waals surface area (Å²) in [6.07, 6.45) is 6.08. The highest BCUT2D eigenvalue weighted by Gasteiger charge is 2.22. The molecule has 1 aromatic carbocycles. The maximum absolute atomic E-state index is 10.9. The van der Waals surface area contributed by atoms with Crippen LogP contribution < -0.4 is 0 Å². The van der Waals surface area contributed by atoms with Crippen molar-refractivity contribution in [2.24, 2.45) is 0 Å². The normalized spacial score (nSPS) is 15.0. The van der Waals surface area contributed by atoms with Crippen molar-refractivity contribution in [2.75, 3.05) is 0 Å². The van der Waals surface area contributed by atoms with E-state index in [0.29, 0.717) is 29.1 Å². The summed E-state index contributed by atoms with van der Waals surface area (Å²) >= 11 is 1.52. The number of thioether (sulfide) groups is 1. The third-order valence-electron chi connectivity index (χ3n) is 4.88. The van der Waals surface area contributed by atoms with Crippen LogP contribution in [0.3, 0.4) is 0 Å². The number of benzene rings is 1. The van der Waals surface area contributed by atoms with E-state index in [-0.39, 0.29) is 5.69 Å². The molecule has 1 aliphatic carbocycles. The average molecular weight is 400 g/mol. The van der Waals surface area contributed by atoms with E-state index in [1.54, 1.807) is 12.1 Å². The standard InChI is InChI=1S/C18H20N6O3S/c1-12-20-21-18(23(12)14-7-3-2-4-8-14)28-11-16-19-17(22-27-16)13-6-5-9-15(10-13)24(25)26/h5-6,9-10,14H,2-4,7-8,11H2,1H3. The zero-order valence-electron chi connectivity index (χ0n) is 15.4. The minimum absolute atomic E-state index is 0.00529. The minimum atomic E-state index is -0.444. The van der Waals surface area contributed by atoms with Crippen LogP contribution in [-0.2, 0) is 5.75 Å². The average Bonchev–Trinajstić information content (AvgIpc) is 3.34. The Kier molecular flexibility index (Phi) is 5.38. The highest BCUT2D eigenvalue weighted by atomic mass is 32.2. The first-order valence-electron chi connectivity index (χ1n) is 9.23. The second-order valence-electron chi connectivity index (χ2n) is 6.80. The Morgan fingerprint density at radius 2 is 2.11 bits per heavy atom. The fourth-order valence-electron chi connectivity index (χ4n) is 3.52. The van der Waals surface area contributed by atoms with Gasteiger partial charge in [-0.1, -0.05) is 48.3 Å². The van der Waals surface area contributed by atoms with Crippen LogP contribution in [0.15, 0.2) is 33.9 Å². The Bertz CT molecular complexity index is 979. The summed E-state index contributed by atoms with van der Waals surface area (Å²) in [5.41, 5.74) is 0.546. The van der Waals surface area contributed by atoms with Crippen LogP contribution in [-0.4, -0.2) is 29.8 Å². The van der Waals surface area contributed by atoms with Gasteiger partial charge in [0.2, 0.25) is 11.7 Å². The number of nitro benzene ring substituents is 1. The monoisotopic (exact) mass is 400 g/mol. The van der Waals surface area contributed by atoms with Crippen molar-refractivity contribution in [3.63, 3.8) is 0 Å². The molecule has 28 heavy (non-hydrogen) atoms. The van der Waals surface area contributed by atoms with Crippen molar-refractivity contribution in [2.45, 2.75) is 56.0 Å².